The van der Waals surface area contributed by atoms with Gasteiger partial charge in [-0.05, 0) is 12.3 Å². The van der Waals surface area contributed by atoms with Crippen LogP contribution in [0, 0.1) is 5.92 Å². The lowest BCUT2D eigenvalue weighted by atomic mass is 10.2. The molecule has 1 aliphatic heterocycles. The third-order valence-corrected chi connectivity index (χ3v) is 5.34. The Hall–Kier alpha value is -0.840. The first kappa shape index (κ1) is 20.2. The molecule has 0 amide bonds. The Morgan fingerprint density at radius 1 is 1.52 bits per heavy atom. The van der Waals surface area contributed by atoms with Gasteiger partial charge in [-0.15, -0.1) is 24.0 Å². The number of guanidine groups is 1. The second-order valence-electron chi connectivity index (χ2n) is 6.06. The molecule has 1 fully saturated rings. The van der Waals surface area contributed by atoms with Gasteiger partial charge in [-0.2, -0.15) is 0 Å². The van der Waals surface area contributed by atoms with E-state index >= 15 is 0 Å². The van der Waals surface area contributed by atoms with Crippen molar-refractivity contribution in [3.05, 3.63) is 18.2 Å². The van der Waals surface area contributed by atoms with Crippen molar-refractivity contribution >= 4 is 39.8 Å². The lowest BCUT2D eigenvalue weighted by Crippen LogP contribution is -2.43. The van der Waals surface area contributed by atoms with E-state index in [4.69, 9.17) is 0 Å². The molecular formula is C14H26IN5O2S. The van der Waals surface area contributed by atoms with Crippen molar-refractivity contribution < 1.29 is 8.42 Å². The molecule has 1 aromatic rings. The fourth-order valence-electron chi connectivity index (χ4n) is 2.53. The van der Waals surface area contributed by atoms with Crippen LogP contribution in [0.2, 0.25) is 0 Å². The number of aromatic nitrogens is 2. The molecule has 2 N–H and O–H groups in total. The highest BCUT2D eigenvalue weighted by Crippen LogP contribution is 2.11. The lowest BCUT2D eigenvalue weighted by molar-refractivity contribution is 0.503. The number of hydrogen-bond donors (Lipinski definition) is 2. The van der Waals surface area contributed by atoms with E-state index < -0.39 is 9.84 Å². The highest BCUT2D eigenvalue weighted by atomic mass is 127. The summed E-state index contributed by atoms with van der Waals surface area (Å²) in [6, 6.07) is -0.0633. The summed E-state index contributed by atoms with van der Waals surface area (Å²) < 4.78 is 25.1. The predicted octanol–water partition coefficient (Wildman–Crippen LogP) is 1.01. The summed E-state index contributed by atoms with van der Waals surface area (Å²) in [5, 5.41) is 6.37. The molecule has 1 unspecified atom stereocenters. The number of hydrogen-bond acceptors (Lipinski definition) is 4. The van der Waals surface area contributed by atoms with Crippen molar-refractivity contribution in [2.24, 2.45) is 10.9 Å². The van der Waals surface area contributed by atoms with E-state index in [-0.39, 0.29) is 41.5 Å². The normalized spacial score (nSPS) is 20.3. The summed E-state index contributed by atoms with van der Waals surface area (Å²) in [7, 11) is -1.21. The van der Waals surface area contributed by atoms with E-state index in [1.165, 1.54) is 0 Å². The van der Waals surface area contributed by atoms with E-state index in [1.807, 2.05) is 6.20 Å². The van der Waals surface area contributed by atoms with Crippen molar-refractivity contribution in [1.82, 2.24) is 20.2 Å². The van der Waals surface area contributed by atoms with Crippen molar-refractivity contribution in [2.45, 2.75) is 39.4 Å². The zero-order valence-corrected chi connectivity index (χ0v) is 17.0. The summed E-state index contributed by atoms with van der Waals surface area (Å²) in [4.78, 5) is 8.50. The smallest absolute Gasteiger partial charge is 0.191 e. The van der Waals surface area contributed by atoms with Crippen LogP contribution in [-0.2, 0) is 22.9 Å². The van der Waals surface area contributed by atoms with Crippen LogP contribution in [0.4, 0.5) is 0 Å². The molecule has 7 nitrogen and oxygen atoms in total. The van der Waals surface area contributed by atoms with E-state index in [2.05, 4.69) is 39.0 Å². The first-order valence-corrected chi connectivity index (χ1v) is 9.39. The summed E-state index contributed by atoms with van der Waals surface area (Å²) in [5.74, 6) is 2.53. The molecule has 0 saturated carbocycles. The van der Waals surface area contributed by atoms with Crippen molar-refractivity contribution in [2.75, 3.05) is 18.6 Å². The van der Waals surface area contributed by atoms with Crippen LogP contribution in [-0.4, -0.2) is 48.5 Å². The monoisotopic (exact) mass is 455 g/mol. The van der Waals surface area contributed by atoms with Gasteiger partial charge < -0.3 is 15.2 Å². The van der Waals surface area contributed by atoms with Crippen LogP contribution in [0.1, 0.15) is 26.1 Å². The fraction of sp³-hybridized carbons (Fsp3) is 0.714. The van der Waals surface area contributed by atoms with E-state index in [0.29, 0.717) is 24.8 Å². The molecule has 1 atom stereocenters. The lowest BCUT2D eigenvalue weighted by Gasteiger charge is -2.16. The molecular weight excluding hydrogens is 429 g/mol. The Morgan fingerprint density at radius 2 is 2.26 bits per heavy atom. The van der Waals surface area contributed by atoms with Gasteiger partial charge in [-0.3, -0.25) is 4.99 Å². The first-order chi connectivity index (χ1) is 10.4. The molecule has 1 aliphatic rings. The topological polar surface area (TPSA) is 88.4 Å². The van der Waals surface area contributed by atoms with Gasteiger partial charge in [-0.1, -0.05) is 13.8 Å². The largest absolute Gasteiger partial charge is 0.353 e. The fourth-order valence-corrected chi connectivity index (χ4v) is 4.20. The number of imidazole rings is 1. The SMILES string of the molecule is CN=C(NCc1nccn1CC(C)C)NC1CCS(=O)(=O)C1.I. The van der Waals surface area contributed by atoms with Crippen LogP contribution in [0.15, 0.2) is 17.4 Å². The first-order valence-electron chi connectivity index (χ1n) is 7.57. The number of nitrogens with one attached hydrogen (secondary N) is 2. The average molecular weight is 455 g/mol. The van der Waals surface area contributed by atoms with Gasteiger partial charge in [0, 0.05) is 32.0 Å². The number of sulfone groups is 1. The zero-order valence-electron chi connectivity index (χ0n) is 13.8. The van der Waals surface area contributed by atoms with Gasteiger partial charge in [0.15, 0.2) is 15.8 Å². The van der Waals surface area contributed by atoms with Crippen molar-refractivity contribution in [1.29, 1.82) is 0 Å². The van der Waals surface area contributed by atoms with Crippen LogP contribution >= 0.6 is 24.0 Å². The molecule has 132 valence electrons. The minimum absolute atomic E-state index is 0. The van der Waals surface area contributed by atoms with E-state index in [1.54, 1.807) is 13.2 Å². The average Bonchev–Trinajstić information content (AvgIpc) is 3.00. The van der Waals surface area contributed by atoms with Crippen LogP contribution in [0.3, 0.4) is 0 Å². The van der Waals surface area contributed by atoms with Gasteiger partial charge in [0.05, 0.1) is 18.1 Å². The van der Waals surface area contributed by atoms with Crippen molar-refractivity contribution in [3.8, 4) is 0 Å². The Labute approximate surface area is 155 Å². The third-order valence-electron chi connectivity index (χ3n) is 3.57. The molecule has 23 heavy (non-hydrogen) atoms. The molecule has 0 aliphatic carbocycles. The molecule has 1 saturated heterocycles. The maximum Gasteiger partial charge on any atom is 0.191 e. The third kappa shape index (κ3) is 6.28. The number of aliphatic imine (C=N–C) groups is 1. The van der Waals surface area contributed by atoms with Gasteiger partial charge in [0.1, 0.15) is 5.82 Å². The van der Waals surface area contributed by atoms with E-state index in [0.717, 1.165) is 12.4 Å². The number of halogens is 1. The van der Waals surface area contributed by atoms with Crippen LogP contribution < -0.4 is 10.6 Å². The van der Waals surface area contributed by atoms with Crippen molar-refractivity contribution in [3.63, 3.8) is 0 Å². The predicted molar refractivity (Wildman–Crippen MR) is 103 cm³/mol. The molecule has 0 radical (unpaired) electrons. The summed E-state index contributed by atoms with van der Waals surface area (Å²) in [6.07, 6.45) is 4.39. The maximum atomic E-state index is 11.5. The summed E-state index contributed by atoms with van der Waals surface area (Å²) in [6.45, 7) is 5.80. The molecule has 0 bridgehead atoms. The van der Waals surface area contributed by atoms with Gasteiger partial charge in [0.25, 0.3) is 0 Å². The molecule has 0 aromatic carbocycles. The highest BCUT2D eigenvalue weighted by Gasteiger charge is 2.28. The summed E-state index contributed by atoms with van der Waals surface area (Å²) >= 11 is 0. The standard InChI is InChI=1S/C14H25N5O2S.HI/c1-11(2)9-19-6-5-16-13(19)8-17-14(15-3)18-12-4-7-22(20,21)10-12;/h5-6,11-12H,4,7-10H2,1-3H3,(H2,15,17,18);1H. The second kappa shape index (κ2) is 8.86. The van der Waals surface area contributed by atoms with Gasteiger partial charge in [0.2, 0.25) is 0 Å². The Balaban J connectivity index is 0.00000264. The molecule has 2 heterocycles. The molecule has 0 spiro atoms. The number of nitrogens with zero attached hydrogens (tertiary/aromatic N) is 3. The Bertz CT molecular complexity index is 627. The Kier molecular flexibility index (Phi) is 7.78. The minimum Gasteiger partial charge on any atom is -0.353 e. The quantitative estimate of drug-likeness (QED) is 0.393. The highest BCUT2D eigenvalue weighted by molar-refractivity contribution is 14.0. The second-order valence-corrected chi connectivity index (χ2v) is 8.29. The van der Waals surface area contributed by atoms with Crippen LogP contribution in [0.5, 0.6) is 0 Å². The van der Waals surface area contributed by atoms with Gasteiger partial charge >= 0.3 is 0 Å². The zero-order chi connectivity index (χ0) is 16.2. The Morgan fingerprint density at radius 3 is 2.83 bits per heavy atom. The number of rotatable bonds is 5. The molecule has 9 heteroatoms. The van der Waals surface area contributed by atoms with E-state index in [9.17, 15) is 8.42 Å². The van der Waals surface area contributed by atoms with Crippen LogP contribution in [0.25, 0.3) is 0 Å². The van der Waals surface area contributed by atoms with Gasteiger partial charge in [-0.25, -0.2) is 13.4 Å². The summed E-state index contributed by atoms with van der Waals surface area (Å²) in [5.41, 5.74) is 0. The minimum atomic E-state index is -2.89. The molecule has 1 aromatic heterocycles. The molecule has 2 rings (SSSR count). The maximum absolute atomic E-state index is 11.5.